The molecule has 15 heavy (non-hydrogen) atoms. The first kappa shape index (κ1) is 9.93. The first-order valence-electron chi connectivity index (χ1n) is 4.24. The Balaban J connectivity index is 3.05. The fourth-order valence-corrected chi connectivity index (χ4v) is 1.98. The van der Waals surface area contributed by atoms with Gasteiger partial charge in [0.1, 0.15) is 28.0 Å². The van der Waals surface area contributed by atoms with Crippen LogP contribution in [0.2, 0.25) is 0 Å². The van der Waals surface area contributed by atoms with Crippen LogP contribution in [0.3, 0.4) is 0 Å². The van der Waals surface area contributed by atoms with E-state index in [2.05, 4.69) is 32.0 Å². The molecule has 0 aliphatic carbocycles. The van der Waals surface area contributed by atoms with Crippen molar-refractivity contribution in [2.45, 2.75) is 6.92 Å². The smallest absolute Gasteiger partial charge is 0.147 e. The molecule has 0 unspecified atom stereocenters. The van der Waals surface area contributed by atoms with E-state index in [4.69, 9.17) is 11.0 Å². The molecule has 0 radical (unpaired) electrons. The van der Waals surface area contributed by atoms with Crippen LogP contribution in [0, 0.1) is 18.3 Å². The summed E-state index contributed by atoms with van der Waals surface area (Å²) in [5, 5.41) is 9.63. The van der Waals surface area contributed by atoms with Crippen LogP contribution in [0.25, 0.3) is 11.0 Å². The largest absolute Gasteiger partial charge is 0.383 e. The van der Waals surface area contributed by atoms with Gasteiger partial charge in [-0.3, -0.25) is 0 Å². The first-order chi connectivity index (χ1) is 7.06. The summed E-state index contributed by atoms with van der Waals surface area (Å²) in [4.78, 5) is 8.30. The van der Waals surface area contributed by atoms with Crippen LogP contribution in [0.15, 0.2) is 4.60 Å². The highest BCUT2D eigenvalue weighted by Crippen LogP contribution is 2.30. The van der Waals surface area contributed by atoms with Crippen LogP contribution >= 0.6 is 15.9 Å². The van der Waals surface area contributed by atoms with E-state index in [9.17, 15) is 0 Å². The number of hydrogen-bond donors (Lipinski definition) is 1. The third-order valence-corrected chi connectivity index (χ3v) is 3.14. The van der Waals surface area contributed by atoms with E-state index < -0.39 is 0 Å². The van der Waals surface area contributed by atoms with Crippen molar-refractivity contribution in [3.63, 3.8) is 0 Å². The molecule has 0 aromatic carbocycles. The van der Waals surface area contributed by atoms with Gasteiger partial charge in [-0.1, -0.05) is 0 Å². The highest BCUT2D eigenvalue weighted by molar-refractivity contribution is 9.10. The van der Waals surface area contributed by atoms with Crippen molar-refractivity contribution in [3.8, 4) is 6.07 Å². The van der Waals surface area contributed by atoms with Gasteiger partial charge in [0, 0.05) is 7.05 Å². The molecule has 2 heterocycles. The van der Waals surface area contributed by atoms with Gasteiger partial charge in [0.05, 0.1) is 10.9 Å². The molecular formula is C9H8BrN5. The Hall–Kier alpha value is -1.61. The van der Waals surface area contributed by atoms with Crippen LogP contribution in [0.4, 0.5) is 5.82 Å². The average molecular weight is 266 g/mol. The summed E-state index contributed by atoms with van der Waals surface area (Å²) >= 11 is 3.33. The number of anilines is 1. The van der Waals surface area contributed by atoms with Crippen molar-refractivity contribution in [2.24, 2.45) is 7.05 Å². The molecule has 0 amide bonds. The van der Waals surface area contributed by atoms with Gasteiger partial charge >= 0.3 is 0 Å². The SMILES string of the molecule is Cc1nc(N)c2c(C#N)c(Br)n(C)c2n1. The van der Waals surface area contributed by atoms with E-state index in [0.717, 1.165) is 0 Å². The molecule has 0 spiro atoms. The number of nitriles is 1. The fourth-order valence-electron chi connectivity index (χ4n) is 1.53. The van der Waals surface area contributed by atoms with E-state index in [1.165, 1.54) is 0 Å². The highest BCUT2D eigenvalue weighted by Gasteiger charge is 2.17. The lowest BCUT2D eigenvalue weighted by atomic mass is 10.2. The minimum Gasteiger partial charge on any atom is -0.383 e. The summed E-state index contributed by atoms with van der Waals surface area (Å²) in [6, 6.07) is 2.09. The number of hydrogen-bond acceptors (Lipinski definition) is 4. The number of rotatable bonds is 0. The molecule has 0 fully saturated rings. The maximum atomic E-state index is 9.02. The molecule has 6 heteroatoms. The Morgan fingerprint density at radius 1 is 1.47 bits per heavy atom. The molecule has 0 atom stereocenters. The lowest BCUT2D eigenvalue weighted by Gasteiger charge is -1.99. The molecule has 2 aromatic heterocycles. The van der Waals surface area contributed by atoms with Crippen molar-refractivity contribution < 1.29 is 0 Å². The predicted molar refractivity (Wildman–Crippen MR) is 60.1 cm³/mol. The summed E-state index contributed by atoms with van der Waals surface area (Å²) in [6.45, 7) is 1.77. The van der Waals surface area contributed by atoms with Crippen LogP contribution < -0.4 is 5.73 Å². The Morgan fingerprint density at radius 3 is 2.73 bits per heavy atom. The van der Waals surface area contributed by atoms with Crippen molar-refractivity contribution in [1.82, 2.24) is 14.5 Å². The molecule has 5 nitrogen and oxygen atoms in total. The van der Waals surface area contributed by atoms with Crippen molar-refractivity contribution >= 4 is 32.8 Å². The summed E-state index contributed by atoms with van der Waals surface area (Å²) < 4.78 is 2.45. The van der Waals surface area contributed by atoms with Crippen LogP contribution in [-0.2, 0) is 7.05 Å². The number of nitrogen functional groups attached to an aromatic ring is 1. The number of aryl methyl sites for hydroxylation is 2. The number of nitrogens with two attached hydrogens (primary N) is 1. The van der Waals surface area contributed by atoms with Crippen molar-refractivity contribution in [2.75, 3.05) is 5.73 Å². The highest BCUT2D eigenvalue weighted by atomic mass is 79.9. The zero-order chi connectivity index (χ0) is 11.2. The maximum Gasteiger partial charge on any atom is 0.147 e. The van der Waals surface area contributed by atoms with E-state index in [1.807, 2.05) is 7.05 Å². The minimum absolute atomic E-state index is 0.343. The minimum atomic E-state index is 0.343. The van der Waals surface area contributed by atoms with Gasteiger partial charge < -0.3 is 10.3 Å². The molecule has 76 valence electrons. The quantitative estimate of drug-likeness (QED) is 0.783. The second-order valence-electron chi connectivity index (χ2n) is 3.19. The third kappa shape index (κ3) is 1.27. The topological polar surface area (TPSA) is 80.5 Å². The van der Waals surface area contributed by atoms with Gasteiger partial charge in [-0.05, 0) is 22.9 Å². The fraction of sp³-hybridized carbons (Fsp3) is 0.222. The number of nitrogens with zero attached hydrogens (tertiary/aromatic N) is 4. The summed E-state index contributed by atoms with van der Waals surface area (Å²) in [7, 11) is 1.82. The van der Waals surface area contributed by atoms with Crippen molar-refractivity contribution in [3.05, 3.63) is 16.0 Å². The molecule has 0 aliphatic heterocycles. The molecular weight excluding hydrogens is 258 g/mol. The Bertz CT molecular complexity index is 593. The van der Waals surface area contributed by atoms with Gasteiger partial charge in [0.2, 0.25) is 0 Å². The molecule has 0 bridgehead atoms. The molecule has 0 saturated carbocycles. The molecule has 2 rings (SSSR count). The lowest BCUT2D eigenvalue weighted by molar-refractivity contribution is 0.909. The molecule has 0 aliphatic rings. The Morgan fingerprint density at radius 2 is 2.13 bits per heavy atom. The predicted octanol–water partition coefficient (Wildman–Crippen LogP) is 1.49. The molecule has 2 N–H and O–H groups in total. The standard InChI is InChI=1S/C9H8BrN5/c1-4-13-8(12)6-5(3-11)7(10)15(2)9(6)14-4/h1-2H3,(H2,12,13,14). The second kappa shape index (κ2) is 3.21. The zero-order valence-corrected chi connectivity index (χ0v) is 9.83. The monoisotopic (exact) mass is 265 g/mol. The van der Waals surface area contributed by atoms with Gasteiger partial charge in [-0.25, -0.2) is 9.97 Å². The summed E-state index contributed by atoms with van der Waals surface area (Å²) in [6.07, 6.45) is 0. The summed E-state index contributed by atoms with van der Waals surface area (Å²) in [5.41, 5.74) is 6.93. The second-order valence-corrected chi connectivity index (χ2v) is 3.94. The number of halogens is 1. The normalized spacial score (nSPS) is 10.5. The third-order valence-electron chi connectivity index (χ3n) is 2.21. The van der Waals surface area contributed by atoms with Crippen LogP contribution in [-0.4, -0.2) is 14.5 Å². The van der Waals surface area contributed by atoms with Gasteiger partial charge in [-0.2, -0.15) is 5.26 Å². The maximum absolute atomic E-state index is 9.02. The van der Waals surface area contributed by atoms with Crippen LogP contribution in [0.1, 0.15) is 11.4 Å². The van der Waals surface area contributed by atoms with E-state index in [1.54, 1.807) is 11.5 Å². The van der Waals surface area contributed by atoms with Gasteiger partial charge in [-0.15, -0.1) is 0 Å². The van der Waals surface area contributed by atoms with E-state index >= 15 is 0 Å². The Kier molecular flexibility index (Phi) is 2.12. The molecule has 0 saturated heterocycles. The Labute approximate surface area is 94.7 Å². The number of fused-ring (bicyclic) bond motifs is 1. The zero-order valence-electron chi connectivity index (χ0n) is 8.24. The average Bonchev–Trinajstić information content (AvgIpc) is 2.42. The van der Waals surface area contributed by atoms with E-state index in [-0.39, 0.29) is 0 Å². The summed E-state index contributed by atoms with van der Waals surface area (Å²) in [5.74, 6) is 0.938. The lowest BCUT2D eigenvalue weighted by Crippen LogP contribution is -1.98. The van der Waals surface area contributed by atoms with Crippen LogP contribution in [0.5, 0.6) is 0 Å². The first-order valence-corrected chi connectivity index (χ1v) is 5.03. The van der Waals surface area contributed by atoms with Crippen molar-refractivity contribution in [1.29, 1.82) is 5.26 Å². The number of aromatic nitrogens is 3. The molecule has 2 aromatic rings. The van der Waals surface area contributed by atoms with Gasteiger partial charge in [0.25, 0.3) is 0 Å². The van der Waals surface area contributed by atoms with Gasteiger partial charge in [0.15, 0.2) is 0 Å². The van der Waals surface area contributed by atoms with E-state index in [0.29, 0.717) is 32.8 Å².